The predicted molar refractivity (Wildman–Crippen MR) is 120 cm³/mol. The van der Waals surface area contributed by atoms with Crippen molar-refractivity contribution in [1.82, 2.24) is 14.8 Å². The Morgan fingerprint density at radius 2 is 1.71 bits per heavy atom. The normalized spacial score (nSPS) is 10.6. The van der Waals surface area contributed by atoms with Crippen molar-refractivity contribution in [3.8, 4) is 17.1 Å². The van der Waals surface area contributed by atoms with Gasteiger partial charge in [0.05, 0.1) is 5.69 Å². The van der Waals surface area contributed by atoms with Crippen LogP contribution >= 0.6 is 15.9 Å². The number of aromatic nitrogens is 3. The number of nitrogens with zero attached hydrogens (tertiary/aromatic N) is 3. The Kier molecular flexibility index (Phi) is 6.04. The topological polar surface area (TPSA) is 74.1 Å². The third-order valence-electron chi connectivity index (χ3n) is 4.57. The number of aryl methyl sites for hydroxylation is 1. The summed E-state index contributed by atoms with van der Waals surface area (Å²) in [7, 11) is 0. The van der Waals surface area contributed by atoms with Crippen molar-refractivity contribution in [1.29, 1.82) is 0 Å². The second-order valence-electron chi connectivity index (χ2n) is 6.88. The molecule has 1 heterocycles. The summed E-state index contributed by atoms with van der Waals surface area (Å²) >= 11 is 3.42. The lowest BCUT2D eigenvalue weighted by Crippen LogP contribution is -2.15. The maximum Gasteiger partial charge on any atom is 0.378 e. The maximum atomic E-state index is 12.6. The van der Waals surface area contributed by atoms with Crippen molar-refractivity contribution >= 4 is 27.7 Å². The summed E-state index contributed by atoms with van der Waals surface area (Å²) in [5, 5.41) is 4.38. The quantitative estimate of drug-likeness (QED) is 0.288. The summed E-state index contributed by atoms with van der Waals surface area (Å²) in [6.07, 6.45) is 0. The number of hydrogen-bond acceptors (Lipinski definition) is 5. The average Bonchev–Trinajstić information content (AvgIpc) is 3.24. The molecule has 4 aromatic rings. The zero-order chi connectivity index (χ0) is 21.8. The molecule has 7 heteroatoms. The summed E-state index contributed by atoms with van der Waals surface area (Å²) in [6.45, 7) is 1.60. The van der Waals surface area contributed by atoms with Gasteiger partial charge in [-0.05, 0) is 36.8 Å². The van der Waals surface area contributed by atoms with Gasteiger partial charge < -0.3 is 4.74 Å². The number of benzene rings is 3. The SMILES string of the molecule is Cc1cccc(-n2nc(C(=O)OCC(=O)c3ccccc3)nc2-c2ccc(Br)cc2)c1. The molecule has 0 saturated carbocycles. The van der Waals surface area contributed by atoms with Crippen LogP contribution in [-0.2, 0) is 4.74 Å². The predicted octanol–water partition coefficient (Wildman–Crippen LogP) is 5.04. The number of halogens is 1. The number of carbonyl (C=O) groups is 2. The van der Waals surface area contributed by atoms with E-state index in [4.69, 9.17) is 4.74 Å². The molecule has 0 amide bonds. The van der Waals surface area contributed by atoms with E-state index in [9.17, 15) is 9.59 Å². The molecular weight excluding hydrogens is 458 g/mol. The fourth-order valence-corrected chi connectivity index (χ4v) is 3.29. The second kappa shape index (κ2) is 9.06. The van der Waals surface area contributed by atoms with Gasteiger partial charge in [0.15, 0.2) is 18.2 Å². The highest BCUT2D eigenvalue weighted by Gasteiger charge is 2.21. The first-order valence-electron chi connectivity index (χ1n) is 9.57. The van der Waals surface area contributed by atoms with Crippen molar-refractivity contribution in [2.45, 2.75) is 6.92 Å². The summed E-state index contributed by atoms with van der Waals surface area (Å²) in [5.74, 6) is -0.658. The molecule has 0 spiro atoms. The maximum absolute atomic E-state index is 12.6. The summed E-state index contributed by atoms with van der Waals surface area (Å²) in [4.78, 5) is 29.3. The van der Waals surface area contributed by atoms with Gasteiger partial charge in [0, 0.05) is 15.6 Å². The summed E-state index contributed by atoms with van der Waals surface area (Å²) < 4.78 is 7.72. The average molecular weight is 476 g/mol. The van der Waals surface area contributed by atoms with E-state index in [1.165, 1.54) is 0 Å². The number of ketones is 1. The van der Waals surface area contributed by atoms with Gasteiger partial charge in [-0.15, -0.1) is 5.10 Å². The lowest BCUT2D eigenvalue weighted by molar-refractivity contribution is 0.0462. The van der Waals surface area contributed by atoms with E-state index in [2.05, 4.69) is 26.0 Å². The molecule has 0 aliphatic heterocycles. The Morgan fingerprint density at radius 1 is 0.968 bits per heavy atom. The highest BCUT2D eigenvalue weighted by molar-refractivity contribution is 9.10. The van der Waals surface area contributed by atoms with Gasteiger partial charge >= 0.3 is 5.97 Å². The first-order chi connectivity index (χ1) is 15.0. The minimum atomic E-state index is -0.756. The van der Waals surface area contributed by atoms with Crippen molar-refractivity contribution in [2.75, 3.05) is 6.61 Å². The van der Waals surface area contributed by atoms with Gasteiger partial charge in [0.1, 0.15) is 0 Å². The van der Waals surface area contributed by atoms with Crippen molar-refractivity contribution in [3.05, 3.63) is 100 Å². The zero-order valence-corrected chi connectivity index (χ0v) is 18.2. The van der Waals surface area contributed by atoms with E-state index in [1.807, 2.05) is 61.5 Å². The molecule has 0 radical (unpaired) electrons. The first kappa shape index (κ1) is 20.7. The fourth-order valence-electron chi connectivity index (χ4n) is 3.03. The van der Waals surface area contributed by atoms with Crippen LogP contribution in [0.2, 0.25) is 0 Å². The first-order valence-corrected chi connectivity index (χ1v) is 10.4. The fraction of sp³-hybridized carbons (Fsp3) is 0.0833. The number of esters is 1. The summed E-state index contributed by atoms with van der Waals surface area (Å²) in [5.41, 5.74) is 3.08. The van der Waals surface area contributed by atoms with Gasteiger partial charge in [-0.1, -0.05) is 70.5 Å². The molecule has 3 aromatic carbocycles. The highest BCUT2D eigenvalue weighted by atomic mass is 79.9. The Labute approximate surface area is 187 Å². The van der Waals surface area contributed by atoms with Gasteiger partial charge in [-0.3, -0.25) is 4.79 Å². The number of carbonyl (C=O) groups excluding carboxylic acids is 2. The monoisotopic (exact) mass is 475 g/mol. The molecule has 6 nitrogen and oxygen atoms in total. The molecule has 0 aliphatic rings. The molecule has 0 atom stereocenters. The number of rotatable bonds is 6. The van der Waals surface area contributed by atoms with Crippen LogP contribution in [0.4, 0.5) is 0 Å². The third-order valence-corrected chi connectivity index (χ3v) is 5.10. The number of Topliss-reactive ketones (excluding diaryl/α,β-unsaturated/α-hetero) is 1. The molecule has 0 N–H and O–H groups in total. The molecular formula is C24H18BrN3O3. The molecule has 0 bridgehead atoms. The highest BCUT2D eigenvalue weighted by Crippen LogP contribution is 2.24. The smallest absolute Gasteiger partial charge is 0.378 e. The molecule has 154 valence electrons. The van der Waals surface area contributed by atoms with Gasteiger partial charge in [0.2, 0.25) is 0 Å². The van der Waals surface area contributed by atoms with Gasteiger partial charge in [-0.2, -0.15) is 0 Å². The minimum Gasteiger partial charge on any atom is -0.451 e. The van der Waals surface area contributed by atoms with Crippen LogP contribution in [0.5, 0.6) is 0 Å². The molecule has 0 unspecified atom stereocenters. The number of hydrogen-bond donors (Lipinski definition) is 0. The van der Waals surface area contributed by atoms with Crippen LogP contribution in [0.15, 0.2) is 83.3 Å². The van der Waals surface area contributed by atoms with E-state index >= 15 is 0 Å². The van der Waals surface area contributed by atoms with Crippen LogP contribution in [0.3, 0.4) is 0 Å². The molecule has 4 rings (SSSR count). The lowest BCUT2D eigenvalue weighted by Gasteiger charge is -2.06. The molecule has 31 heavy (non-hydrogen) atoms. The minimum absolute atomic E-state index is 0.111. The van der Waals surface area contributed by atoms with Crippen molar-refractivity contribution < 1.29 is 14.3 Å². The van der Waals surface area contributed by atoms with Crippen LogP contribution in [-0.4, -0.2) is 33.1 Å². The van der Waals surface area contributed by atoms with E-state index in [0.717, 1.165) is 21.3 Å². The van der Waals surface area contributed by atoms with E-state index < -0.39 is 5.97 Å². The van der Waals surface area contributed by atoms with Gasteiger partial charge in [-0.25, -0.2) is 14.5 Å². The second-order valence-corrected chi connectivity index (χ2v) is 7.80. The zero-order valence-electron chi connectivity index (χ0n) is 16.7. The van der Waals surface area contributed by atoms with Crippen LogP contribution in [0.1, 0.15) is 26.5 Å². The lowest BCUT2D eigenvalue weighted by atomic mass is 10.1. The Bertz CT molecular complexity index is 1230. The van der Waals surface area contributed by atoms with E-state index in [1.54, 1.807) is 28.9 Å². The molecule has 0 aliphatic carbocycles. The Balaban J connectivity index is 1.63. The van der Waals surface area contributed by atoms with Crippen LogP contribution < -0.4 is 0 Å². The standard InChI is InChI=1S/C24H18BrN3O3/c1-16-6-5-9-20(14-16)28-23(18-10-12-19(25)13-11-18)26-22(27-28)24(30)31-15-21(29)17-7-3-2-4-8-17/h2-14H,15H2,1H3. The van der Waals surface area contributed by atoms with Crippen molar-refractivity contribution in [3.63, 3.8) is 0 Å². The third kappa shape index (κ3) is 4.78. The number of ether oxygens (including phenoxy) is 1. The Hall–Kier alpha value is -3.58. The Morgan fingerprint density at radius 3 is 2.42 bits per heavy atom. The molecule has 1 aromatic heterocycles. The van der Waals surface area contributed by atoms with E-state index in [-0.39, 0.29) is 18.2 Å². The van der Waals surface area contributed by atoms with Crippen LogP contribution in [0, 0.1) is 6.92 Å². The summed E-state index contributed by atoms with van der Waals surface area (Å²) in [6, 6.07) is 23.9. The largest absolute Gasteiger partial charge is 0.451 e. The van der Waals surface area contributed by atoms with Crippen LogP contribution in [0.25, 0.3) is 17.1 Å². The van der Waals surface area contributed by atoms with Gasteiger partial charge in [0.25, 0.3) is 5.82 Å². The van der Waals surface area contributed by atoms with Crippen molar-refractivity contribution in [2.24, 2.45) is 0 Å². The molecule has 0 fully saturated rings. The molecule has 0 saturated heterocycles. The van der Waals surface area contributed by atoms with E-state index in [0.29, 0.717) is 11.4 Å².